The lowest BCUT2D eigenvalue weighted by atomic mass is 9.71. The molecule has 1 aliphatic heterocycles. The van der Waals surface area contributed by atoms with Gasteiger partial charge >= 0.3 is 0 Å². The summed E-state index contributed by atoms with van der Waals surface area (Å²) in [5.41, 5.74) is 4.73. The molecule has 0 radical (unpaired) electrons. The van der Waals surface area contributed by atoms with Crippen molar-refractivity contribution in [3.05, 3.63) is 27.6 Å². The Kier molecular flexibility index (Phi) is 6.39. The fourth-order valence-electron chi connectivity index (χ4n) is 5.53. The van der Waals surface area contributed by atoms with E-state index >= 15 is 0 Å². The monoisotopic (exact) mass is 475 g/mol. The summed E-state index contributed by atoms with van der Waals surface area (Å²) in [5, 5.41) is 11.2. The molecule has 0 aromatic carbocycles. The van der Waals surface area contributed by atoms with Crippen molar-refractivity contribution in [1.29, 1.82) is 0 Å². The normalized spacial score (nSPS) is 27.2. The van der Waals surface area contributed by atoms with Crippen LogP contribution in [-0.2, 0) is 7.05 Å². The van der Waals surface area contributed by atoms with Crippen LogP contribution in [0.3, 0.4) is 0 Å². The molecule has 1 saturated heterocycles. The van der Waals surface area contributed by atoms with E-state index < -0.39 is 0 Å². The molecule has 3 heterocycles. The number of aromatic amines is 1. The number of rotatable bonds is 4. The largest absolute Gasteiger partial charge is 0.346 e. The van der Waals surface area contributed by atoms with Crippen molar-refractivity contribution in [1.82, 2.24) is 25.4 Å². The van der Waals surface area contributed by atoms with Crippen LogP contribution in [0.15, 0.2) is 10.8 Å². The number of aromatic nitrogens is 3. The van der Waals surface area contributed by atoms with E-state index in [0.29, 0.717) is 11.6 Å². The van der Waals surface area contributed by atoms with Crippen LogP contribution in [0.2, 0.25) is 0 Å². The maximum Gasteiger partial charge on any atom is 0.268 e. The predicted octanol–water partition coefficient (Wildman–Crippen LogP) is 4.33. The first-order valence-corrected chi connectivity index (χ1v) is 12.0. The number of hydrogen-bond donors (Lipinski definition) is 3. The van der Waals surface area contributed by atoms with E-state index in [1.54, 1.807) is 0 Å². The van der Waals surface area contributed by atoms with E-state index in [-0.39, 0.29) is 11.9 Å². The molecule has 0 spiro atoms. The minimum Gasteiger partial charge on any atom is -0.346 e. The zero-order chi connectivity index (χ0) is 21.4. The summed E-state index contributed by atoms with van der Waals surface area (Å²) in [7, 11) is 1.93. The molecule has 2 fully saturated rings. The lowest BCUT2D eigenvalue weighted by Crippen LogP contribution is -2.53. The van der Waals surface area contributed by atoms with Crippen molar-refractivity contribution in [3.8, 4) is 11.3 Å². The van der Waals surface area contributed by atoms with E-state index in [1.165, 1.54) is 25.7 Å². The van der Waals surface area contributed by atoms with Gasteiger partial charge in [-0.05, 0) is 84.5 Å². The van der Waals surface area contributed by atoms with Crippen LogP contribution in [0, 0.1) is 31.6 Å². The molecule has 1 amide bonds. The van der Waals surface area contributed by atoms with Crippen molar-refractivity contribution >= 4 is 21.8 Å². The van der Waals surface area contributed by atoms with Crippen LogP contribution in [0.4, 0.5) is 0 Å². The van der Waals surface area contributed by atoms with E-state index in [2.05, 4.69) is 43.6 Å². The molecular formula is C23H34BrN5O. The second-order valence-corrected chi connectivity index (χ2v) is 10.2. The van der Waals surface area contributed by atoms with E-state index in [1.807, 2.05) is 31.8 Å². The second kappa shape index (κ2) is 8.87. The Morgan fingerprint density at radius 2 is 1.97 bits per heavy atom. The van der Waals surface area contributed by atoms with Gasteiger partial charge in [0.05, 0.1) is 16.5 Å². The van der Waals surface area contributed by atoms with Crippen LogP contribution in [0.25, 0.3) is 11.3 Å². The Bertz CT molecular complexity index is 890. The molecule has 2 aromatic heterocycles. The van der Waals surface area contributed by atoms with Crippen LogP contribution < -0.4 is 10.6 Å². The number of piperidine rings is 1. The molecule has 7 heteroatoms. The Hall–Kier alpha value is -1.60. The van der Waals surface area contributed by atoms with Gasteiger partial charge in [0.15, 0.2) is 0 Å². The van der Waals surface area contributed by atoms with Crippen molar-refractivity contribution in [2.24, 2.45) is 24.8 Å². The highest BCUT2D eigenvalue weighted by Crippen LogP contribution is 2.38. The van der Waals surface area contributed by atoms with E-state index in [4.69, 9.17) is 0 Å². The van der Waals surface area contributed by atoms with Gasteiger partial charge in [0.2, 0.25) is 0 Å². The first-order valence-electron chi connectivity index (χ1n) is 11.3. The molecule has 1 saturated carbocycles. The lowest BCUT2D eigenvalue weighted by Gasteiger charge is -2.40. The molecule has 2 aliphatic rings. The van der Waals surface area contributed by atoms with Gasteiger partial charge in [-0.15, -0.1) is 0 Å². The van der Waals surface area contributed by atoms with Gasteiger partial charge in [-0.1, -0.05) is 19.8 Å². The highest BCUT2D eigenvalue weighted by Gasteiger charge is 2.35. The Morgan fingerprint density at radius 1 is 1.23 bits per heavy atom. The lowest BCUT2D eigenvalue weighted by molar-refractivity contribution is 0.0856. The summed E-state index contributed by atoms with van der Waals surface area (Å²) in [6.07, 6.45) is 8.26. The van der Waals surface area contributed by atoms with Gasteiger partial charge in [0, 0.05) is 25.2 Å². The molecule has 164 valence electrons. The van der Waals surface area contributed by atoms with Crippen molar-refractivity contribution in [2.75, 3.05) is 13.1 Å². The maximum atomic E-state index is 13.3. The molecule has 0 bridgehead atoms. The third-order valence-corrected chi connectivity index (χ3v) is 7.90. The van der Waals surface area contributed by atoms with Crippen molar-refractivity contribution in [2.45, 2.75) is 58.9 Å². The molecular weight excluding hydrogens is 442 g/mol. The van der Waals surface area contributed by atoms with Gasteiger partial charge in [0.1, 0.15) is 5.69 Å². The van der Waals surface area contributed by atoms with Crippen LogP contribution in [0.1, 0.15) is 60.6 Å². The number of H-pyrrole nitrogens is 1. The summed E-state index contributed by atoms with van der Waals surface area (Å²) in [5.74, 6) is 2.14. The molecule has 3 N–H and O–H groups in total. The average molecular weight is 476 g/mol. The number of carbonyl (C=O) groups excluding carboxylic acids is 1. The highest BCUT2D eigenvalue weighted by atomic mass is 79.9. The predicted molar refractivity (Wildman–Crippen MR) is 124 cm³/mol. The van der Waals surface area contributed by atoms with Crippen LogP contribution in [0.5, 0.6) is 0 Å². The van der Waals surface area contributed by atoms with Gasteiger partial charge in [-0.2, -0.15) is 5.10 Å². The summed E-state index contributed by atoms with van der Waals surface area (Å²) >= 11 is 3.64. The summed E-state index contributed by atoms with van der Waals surface area (Å²) in [6, 6.07) is 0.188. The zero-order valence-corrected chi connectivity index (χ0v) is 20.1. The third-order valence-electron chi connectivity index (χ3n) is 7.31. The smallest absolute Gasteiger partial charge is 0.268 e. The SMILES string of the molecule is Cc1cnn(C)c1-c1c(Br)[nH]c(C(=O)N[C@H]2CNCCC2C2CCC(C)CC2)c1C. The number of halogens is 1. The van der Waals surface area contributed by atoms with Gasteiger partial charge < -0.3 is 15.6 Å². The van der Waals surface area contributed by atoms with Crippen LogP contribution >= 0.6 is 15.9 Å². The van der Waals surface area contributed by atoms with E-state index in [0.717, 1.165) is 58.3 Å². The highest BCUT2D eigenvalue weighted by molar-refractivity contribution is 9.10. The van der Waals surface area contributed by atoms with Crippen molar-refractivity contribution < 1.29 is 4.79 Å². The zero-order valence-electron chi connectivity index (χ0n) is 18.5. The molecule has 1 unspecified atom stereocenters. The van der Waals surface area contributed by atoms with E-state index in [9.17, 15) is 4.79 Å². The summed E-state index contributed by atoms with van der Waals surface area (Å²) in [4.78, 5) is 16.6. The number of nitrogens with zero attached hydrogens (tertiary/aromatic N) is 2. The standard InChI is InChI=1S/C23H34BrN5O/c1-13-5-7-16(8-6-13)17-9-10-25-12-18(17)27-23(30)20-15(3)19(22(24)28-20)21-14(2)11-26-29(21)4/h11,13,16-18,25,28H,5-10,12H2,1-4H3,(H,27,30)/t13?,16?,17?,18-/m0/s1. The molecule has 30 heavy (non-hydrogen) atoms. The molecule has 2 atom stereocenters. The maximum absolute atomic E-state index is 13.3. The third kappa shape index (κ3) is 4.11. The van der Waals surface area contributed by atoms with Gasteiger partial charge in [-0.25, -0.2) is 0 Å². The Labute approximate surface area is 187 Å². The minimum atomic E-state index is -0.0119. The first kappa shape index (κ1) is 21.6. The number of hydrogen-bond acceptors (Lipinski definition) is 3. The minimum absolute atomic E-state index is 0.0119. The first-order chi connectivity index (χ1) is 14.4. The van der Waals surface area contributed by atoms with Gasteiger partial charge in [0.25, 0.3) is 5.91 Å². The topological polar surface area (TPSA) is 74.7 Å². The van der Waals surface area contributed by atoms with Crippen LogP contribution in [-0.4, -0.2) is 39.8 Å². The fraction of sp³-hybridized carbons (Fsp3) is 0.652. The summed E-state index contributed by atoms with van der Waals surface area (Å²) < 4.78 is 2.69. The molecule has 2 aromatic rings. The number of aryl methyl sites for hydroxylation is 2. The quantitative estimate of drug-likeness (QED) is 0.615. The second-order valence-electron chi connectivity index (χ2n) is 9.37. The molecule has 1 aliphatic carbocycles. The molecule has 6 nitrogen and oxygen atoms in total. The van der Waals surface area contributed by atoms with Crippen molar-refractivity contribution in [3.63, 3.8) is 0 Å². The van der Waals surface area contributed by atoms with Gasteiger partial charge in [-0.3, -0.25) is 9.48 Å². The number of amides is 1. The Balaban J connectivity index is 1.54. The Morgan fingerprint density at radius 3 is 2.63 bits per heavy atom. The summed E-state index contributed by atoms with van der Waals surface area (Å²) in [6.45, 7) is 8.34. The molecule has 4 rings (SSSR count). The number of carbonyl (C=O) groups is 1. The fourth-order valence-corrected chi connectivity index (χ4v) is 6.21. The average Bonchev–Trinajstić information content (AvgIpc) is 3.20. The number of nitrogens with one attached hydrogen (secondary N) is 3.